The number of thiazole rings is 1. The van der Waals surface area contributed by atoms with Gasteiger partial charge in [-0.25, -0.2) is 4.98 Å². The smallest absolute Gasteiger partial charge is 0.251 e. The highest BCUT2D eigenvalue weighted by molar-refractivity contribution is 7.18. The zero-order chi connectivity index (χ0) is 21.1. The zero-order valence-electron chi connectivity index (χ0n) is 16.6. The number of amides is 1. The molecule has 156 valence electrons. The fourth-order valence-corrected chi connectivity index (χ4v) is 4.00. The molecule has 0 bridgehead atoms. The van der Waals surface area contributed by atoms with Crippen molar-refractivity contribution in [3.8, 4) is 16.3 Å². The number of rotatable bonds is 6. The van der Waals surface area contributed by atoms with Crippen molar-refractivity contribution in [3.63, 3.8) is 0 Å². The highest BCUT2D eigenvalue weighted by atomic mass is 35.5. The molecule has 4 rings (SSSR count). The first-order valence-corrected chi connectivity index (χ1v) is 10.8. The maximum Gasteiger partial charge on any atom is 0.251 e. The highest BCUT2D eigenvalue weighted by Gasteiger charge is 2.20. The number of halogens is 1. The molecule has 9 heteroatoms. The normalized spacial score (nSPS) is 17.0. The fraction of sp³-hybridized carbons (Fsp3) is 0.333. The van der Waals surface area contributed by atoms with Crippen LogP contribution in [0.2, 0.25) is 4.34 Å². The summed E-state index contributed by atoms with van der Waals surface area (Å²) in [6.45, 7) is 4.95. The zero-order valence-corrected chi connectivity index (χ0v) is 18.2. The summed E-state index contributed by atoms with van der Waals surface area (Å²) in [7, 11) is 0. The van der Waals surface area contributed by atoms with Crippen molar-refractivity contribution in [1.82, 2.24) is 20.5 Å². The Balaban J connectivity index is 1.59. The van der Waals surface area contributed by atoms with Crippen molar-refractivity contribution in [1.29, 1.82) is 0 Å². The van der Waals surface area contributed by atoms with Crippen LogP contribution in [0.3, 0.4) is 0 Å². The summed E-state index contributed by atoms with van der Waals surface area (Å²) in [6, 6.07) is 8.83. The number of nitrogens with zero attached hydrogens (tertiary/aromatic N) is 3. The van der Waals surface area contributed by atoms with E-state index in [1.807, 2.05) is 32.0 Å². The molecule has 1 unspecified atom stereocenters. The molecule has 0 spiro atoms. The number of benzene rings is 1. The summed E-state index contributed by atoms with van der Waals surface area (Å²) in [4.78, 5) is 17.3. The van der Waals surface area contributed by atoms with E-state index in [2.05, 4.69) is 20.5 Å². The van der Waals surface area contributed by atoms with Crippen molar-refractivity contribution in [2.45, 2.75) is 32.4 Å². The van der Waals surface area contributed by atoms with Gasteiger partial charge in [-0.1, -0.05) is 11.6 Å². The molecule has 2 aromatic heterocycles. The Hall–Kier alpha value is -2.55. The van der Waals surface area contributed by atoms with Crippen LogP contribution in [-0.2, 0) is 4.74 Å². The second-order valence-electron chi connectivity index (χ2n) is 7.11. The number of aryl methyl sites for hydroxylation is 1. The molecule has 1 N–H and O–H groups in total. The van der Waals surface area contributed by atoms with Crippen molar-refractivity contribution in [2.75, 3.05) is 13.2 Å². The number of hydrogen-bond donors (Lipinski definition) is 1. The van der Waals surface area contributed by atoms with Gasteiger partial charge in [-0.05, 0) is 44.2 Å². The van der Waals surface area contributed by atoms with Gasteiger partial charge in [0.25, 0.3) is 5.91 Å². The van der Waals surface area contributed by atoms with Crippen LogP contribution >= 0.6 is 22.9 Å². The first-order valence-electron chi connectivity index (χ1n) is 9.60. The van der Waals surface area contributed by atoms with Gasteiger partial charge in [0, 0.05) is 17.5 Å². The van der Waals surface area contributed by atoms with Crippen molar-refractivity contribution in [3.05, 3.63) is 57.8 Å². The lowest BCUT2D eigenvalue weighted by Gasteiger charge is -2.16. The predicted octanol–water partition coefficient (Wildman–Crippen LogP) is 4.22. The Kier molecular flexibility index (Phi) is 6.26. The topological polar surface area (TPSA) is 86.2 Å². The van der Waals surface area contributed by atoms with Crippen LogP contribution in [0.25, 0.3) is 10.6 Å². The van der Waals surface area contributed by atoms with Crippen molar-refractivity contribution >= 4 is 28.8 Å². The fourth-order valence-electron chi connectivity index (χ4n) is 3.10. The van der Waals surface area contributed by atoms with Crippen molar-refractivity contribution < 1.29 is 14.3 Å². The lowest BCUT2D eigenvalue weighted by molar-refractivity contribution is 0.0938. The second kappa shape index (κ2) is 9.07. The molecule has 0 aliphatic carbocycles. The highest BCUT2D eigenvalue weighted by Crippen LogP contribution is 2.32. The molecule has 7 nitrogen and oxygen atoms in total. The van der Waals surface area contributed by atoms with Crippen LogP contribution in [0, 0.1) is 6.92 Å². The molecule has 2 atom stereocenters. The average molecular weight is 445 g/mol. The number of carbonyl (C=O) groups excluding carboxylic acids is 1. The third-order valence-corrected chi connectivity index (χ3v) is 5.86. The monoisotopic (exact) mass is 444 g/mol. The number of carbonyl (C=O) groups is 1. The van der Waals surface area contributed by atoms with Crippen LogP contribution in [0.4, 0.5) is 0 Å². The van der Waals surface area contributed by atoms with Gasteiger partial charge in [-0.2, -0.15) is 10.2 Å². The summed E-state index contributed by atoms with van der Waals surface area (Å²) in [5.74, 6) is 0.365. The van der Waals surface area contributed by atoms with Crippen LogP contribution in [0.5, 0.6) is 5.75 Å². The maximum atomic E-state index is 13.0. The summed E-state index contributed by atoms with van der Waals surface area (Å²) in [5, 5.41) is 11.9. The molecule has 0 saturated carbocycles. The Morgan fingerprint density at radius 1 is 1.33 bits per heavy atom. The largest absolute Gasteiger partial charge is 0.488 e. The van der Waals surface area contributed by atoms with Crippen LogP contribution in [0.1, 0.15) is 41.1 Å². The Labute approximate surface area is 183 Å². The van der Waals surface area contributed by atoms with Crippen LogP contribution < -0.4 is 10.1 Å². The first kappa shape index (κ1) is 20.7. The summed E-state index contributed by atoms with van der Waals surface area (Å²) in [6.07, 6.45) is 2.38. The molecule has 3 aromatic rings. The molecule has 0 radical (unpaired) electrons. The molecule has 1 fully saturated rings. The van der Waals surface area contributed by atoms with E-state index in [1.54, 1.807) is 18.3 Å². The molecule has 30 heavy (non-hydrogen) atoms. The third kappa shape index (κ3) is 4.95. The Bertz CT molecular complexity index is 1030. The van der Waals surface area contributed by atoms with E-state index in [1.165, 1.54) is 11.3 Å². The summed E-state index contributed by atoms with van der Waals surface area (Å²) >= 11 is 7.40. The molecule has 1 aromatic carbocycles. The molecule has 1 aliphatic heterocycles. The van der Waals surface area contributed by atoms with Crippen molar-refractivity contribution in [2.24, 2.45) is 0 Å². The molecule has 1 aliphatic rings. The van der Waals surface area contributed by atoms with E-state index in [0.717, 1.165) is 22.7 Å². The third-order valence-electron chi connectivity index (χ3n) is 4.69. The van der Waals surface area contributed by atoms with Gasteiger partial charge in [-0.15, -0.1) is 11.3 Å². The van der Waals surface area contributed by atoms with E-state index < -0.39 is 0 Å². The summed E-state index contributed by atoms with van der Waals surface area (Å²) < 4.78 is 12.0. The predicted molar refractivity (Wildman–Crippen MR) is 115 cm³/mol. The number of ether oxygens (including phenoxy) is 2. The molecule has 1 saturated heterocycles. The molecule has 1 amide bonds. The van der Waals surface area contributed by atoms with Gasteiger partial charge in [0.1, 0.15) is 21.2 Å². The summed E-state index contributed by atoms with van der Waals surface area (Å²) in [5.41, 5.74) is 2.76. The lowest BCUT2D eigenvalue weighted by atomic mass is 10.1. The minimum absolute atomic E-state index is 0.0298. The van der Waals surface area contributed by atoms with Crippen LogP contribution in [-0.4, -0.2) is 40.4 Å². The first-order chi connectivity index (χ1) is 14.5. The van der Waals surface area contributed by atoms with E-state index in [4.69, 9.17) is 21.1 Å². The minimum atomic E-state index is -0.295. The minimum Gasteiger partial charge on any atom is -0.488 e. The van der Waals surface area contributed by atoms with E-state index in [9.17, 15) is 4.79 Å². The standard InChI is InChI=1S/C21H21ClN4O3S/c1-12-3-4-18(26-25-12)13(2)24-20(27)14-7-15(21-23-10-19(22)30-21)9-17(8-14)29-16-5-6-28-11-16/h3-4,7-10,13,16H,5-6,11H2,1-2H3,(H,24,27)/t13?,16-/m1/s1. The van der Waals surface area contributed by atoms with Gasteiger partial charge < -0.3 is 14.8 Å². The molecular formula is C21H21ClN4O3S. The Morgan fingerprint density at radius 3 is 2.87 bits per heavy atom. The van der Waals surface area contributed by atoms with E-state index in [0.29, 0.717) is 34.6 Å². The average Bonchev–Trinajstić information content (AvgIpc) is 3.40. The SMILES string of the molecule is Cc1ccc(C(C)NC(=O)c2cc(O[C@@H]3CCOC3)cc(-c3ncc(Cl)s3)c2)nn1. The quantitative estimate of drug-likeness (QED) is 0.612. The maximum absolute atomic E-state index is 13.0. The molecule has 3 heterocycles. The van der Waals surface area contributed by atoms with E-state index >= 15 is 0 Å². The second-order valence-corrected chi connectivity index (χ2v) is 8.78. The van der Waals surface area contributed by atoms with Gasteiger partial charge >= 0.3 is 0 Å². The van der Waals surface area contributed by atoms with Crippen LogP contribution in [0.15, 0.2) is 36.5 Å². The van der Waals surface area contributed by atoms with Gasteiger partial charge in [0.2, 0.25) is 0 Å². The van der Waals surface area contributed by atoms with Gasteiger partial charge in [-0.3, -0.25) is 4.79 Å². The van der Waals surface area contributed by atoms with Gasteiger partial charge in [0.05, 0.1) is 36.8 Å². The number of aromatic nitrogens is 3. The number of nitrogens with one attached hydrogen (secondary N) is 1. The molecular weight excluding hydrogens is 424 g/mol. The van der Waals surface area contributed by atoms with Gasteiger partial charge in [0.15, 0.2) is 0 Å². The van der Waals surface area contributed by atoms with E-state index in [-0.39, 0.29) is 18.1 Å². The number of hydrogen-bond acceptors (Lipinski definition) is 7. The lowest BCUT2D eigenvalue weighted by Crippen LogP contribution is -2.27. The Morgan fingerprint density at radius 2 is 2.20 bits per heavy atom.